The maximum Gasteiger partial charge on any atom is 0.198 e. The van der Waals surface area contributed by atoms with Gasteiger partial charge in [0.15, 0.2) is 17.4 Å². The summed E-state index contributed by atoms with van der Waals surface area (Å²) in [6, 6.07) is 17.1. The lowest BCUT2D eigenvalue weighted by atomic mass is 9.94. The van der Waals surface area contributed by atoms with Crippen LogP contribution >= 0.6 is 22.6 Å². The average molecular weight is 606 g/mol. The van der Waals surface area contributed by atoms with E-state index in [0.29, 0.717) is 3.57 Å². The Morgan fingerprint density at radius 2 is 1.61 bits per heavy atom. The van der Waals surface area contributed by atoms with Crippen molar-refractivity contribution in [1.29, 1.82) is 0 Å². The van der Waals surface area contributed by atoms with Gasteiger partial charge in [0, 0.05) is 15.6 Å². The molecule has 0 radical (unpaired) electrons. The number of nitrogens with one attached hydrogen (secondary N) is 1. The first-order chi connectivity index (χ1) is 17.2. The molecule has 4 aromatic carbocycles. The van der Waals surface area contributed by atoms with Gasteiger partial charge in [0.25, 0.3) is 0 Å². The number of rotatable bonds is 7. The average Bonchev–Trinajstić information content (AvgIpc) is 2.87. The summed E-state index contributed by atoms with van der Waals surface area (Å²) >= 11 is 1.89. The molecule has 0 aromatic heterocycles. The molecule has 4 rings (SSSR count). The molecule has 0 heterocycles. The van der Waals surface area contributed by atoms with E-state index in [0.717, 1.165) is 6.07 Å². The van der Waals surface area contributed by atoms with Crippen molar-refractivity contribution in [3.63, 3.8) is 0 Å². The van der Waals surface area contributed by atoms with Crippen molar-refractivity contribution >= 4 is 45.4 Å². The molecule has 0 aliphatic heterocycles. The number of hydrogen-bond acceptors (Lipinski definition) is 4. The van der Waals surface area contributed by atoms with Gasteiger partial charge < -0.3 is 16.2 Å². The number of ketones is 1. The molecule has 1 unspecified atom stereocenters. The van der Waals surface area contributed by atoms with E-state index in [-0.39, 0.29) is 28.1 Å². The Balaban J connectivity index is 1.85. The summed E-state index contributed by atoms with van der Waals surface area (Å²) in [6.45, 7) is 0. The number of hydrogen-bond donors (Lipinski definition) is 3. The summed E-state index contributed by atoms with van der Waals surface area (Å²) in [5, 5.41) is 13.2. The number of halogens is 5. The topological polar surface area (TPSA) is 75.4 Å². The van der Waals surface area contributed by atoms with Crippen LogP contribution < -0.4 is 11.1 Å². The highest BCUT2D eigenvalue weighted by Crippen LogP contribution is 2.34. The molecule has 36 heavy (non-hydrogen) atoms. The van der Waals surface area contributed by atoms with Gasteiger partial charge >= 0.3 is 0 Å². The fourth-order valence-corrected chi connectivity index (χ4v) is 4.18. The molecule has 4 N–H and O–H groups in total. The van der Waals surface area contributed by atoms with Gasteiger partial charge in [-0.25, -0.2) is 17.6 Å². The third-order valence-corrected chi connectivity index (χ3v) is 6.26. The van der Waals surface area contributed by atoms with Crippen LogP contribution in [0.25, 0.3) is 0 Å². The smallest absolute Gasteiger partial charge is 0.198 e. The summed E-state index contributed by atoms with van der Waals surface area (Å²) in [4.78, 5) is 13.3. The van der Waals surface area contributed by atoms with E-state index in [1.165, 1.54) is 48.5 Å². The number of Topliss-reactive ketones (excluding diaryl/α,β-unsaturated/α-hetero) is 1. The Morgan fingerprint density at radius 3 is 2.31 bits per heavy atom. The number of carbonyl (C=O) groups is 1. The van der Waals surface area contributed by atoms with Gasteiger partial charge in [-0.1, -0.05) is 42.5 Å². The second-order valence-electron chi connectivity index (χ2n) is 8.01. The number of aliphatic hydroxyl groups excluding tert-OH is 1. The van der Waals surface area contributed by atoms with Gasteiger partial charge in [0.05, 0.1) is 17.1 Å². The van der Waals surface area contributed by atoms with Crippen LogP contribution in [-0.4, -0.2) is 10.9 Å². The monoisotopic (exact) mass is 606 g/mol. The zero-order chi connectivity index (χ0) is 26.0. The molecular formula is C27H19F4IN2O2. The lowest BCUT2D eigenvalue weighted by Crippen LogP contribution is -2.17. The summed E-state index contributed by atoms with van der Waals surface area (Å²) < 4.78 is 60.1. The molecule has 0 fully saturated rings. The molecule has 184 valence electrons. The molecule has 9 heteroatoms. The van der Waals surface area contributed by atoms with Gasteiger partial charge in [-0.2, -0.15) is 0 Å². The molecule has 0 saturated heterocycles. The third kappa shape index (κ3) is 5.21. The van der Waals surface area contributed by atoms with Crippen LogP contribution in [0.4, 0.5) is 34.6 Å². The summed E-state index contributed by atoms with van der Waals surface area (Å²) in [6.07, 6.45) is -2.13. The quantitative estimate of drug-likeness (QED) is 0.0950. The van der Waals surface area contributed by atoms with Crippen molar-refractivity contribution in [2.75, 3.05) is 11.1 Å². The van der Waals surface area contributed by atoms with Crippen LogP contribution in [0.2, 0.25) is 0 Å². The van der Waals surface area contributed by atoms with E-state index >= 15 is 8.78 Å². The normalized spacial score (nSPS) is 11.8. The highest BCUT2D eigenvalue weighted by atomic mass is 127. The molecule has 4 aromatic rings. The first-order valence-electron chi connectivity index (χ1n) is 10.7. The van der Waals surface area contributed by atoms with Crippen LogP contribution in [0, 0.1) is 26.8 Å². The van der Waals surface area contributed by atoms with E-state index < -0.39 is 52.8 Å². The predicted octanol–water partition coefficient (Wildman–Crippen LogP) is 6.68. The predicted molar refractivity (Wildman–Crippen MR) is 138 cm³/mol. The molecule has 1 atom stereocenters. The Morgan fingerprint density at radius 1 is 0.889 bits per heavy atom. The molecular weight excluding hydrogens is 587 g/mol. The van der Waals surface area contributed by atoms with Crippen molar-refractivity contribution in [3.8, 4) is 0 Å². The largest absolute Gasteiger partial charge is 0.396 e. The first kappa shape index (κ1) is 25.6. The van der Waals surface area contributed by atoms with Crippen molar-refractivity contribution in [3.05, 3.63) is 122 Å². The minimum atomic E-state index is -1.71. The molecule has 0 aliphatic rings. The maximum absolute atomic E-state index is 15.4. The van der Waals surface area contributed by atoms with Crippen molar-refractivity contribution in [2.24, 2.45) is 0 Å². The Bertz CT molecular complexity index is 1450. The lowest BCUT2D eigenvalue weighted by molar-refractivity contribution is 0.0748. The van der Waals surface area contributed by atoms with E-state index in [9.17, 15) is 18.7 Å². The zero-order valence-corrected chi connectivity index (χ0v) is 20.7. The molecule has 4 nitrogen and oxygen atoms in total. The molecule has 0 aliphatic carbocycles. The van der Waals surface area contributed by atoms with E-state index in [2.05, 4.69) is 5.32 Å². The SMILES string of the molecule is Nc1cccc(Cc2cc(C(=O)C(O)c3ccccc3)c(Nc3ccc(I)cc3F)c(F)c2F)c1F. The second-order valence-corrected chi connectivity index (χ2v) is 9.26. The van der Waals surface area contributed by atoms with Crippen molar-refractivity contribution in [2.45, 2.75) is 12.5 Å². The number of anilines is 3. The molecule has 0 saturated carbocycles. The van der Waals surface area contributed by atoms with E-state index in [1.807, 2.05) is 22.6 Å². The summed E-state index contributed by atoms with van der Waals surface area (Å²) in [7, 11) is 0. The van der Waals surface area contributed by atoms with Crippen LogP contribution in [0.3, 0.4) is 0 Å². The standard InChI is InChI=1S/C27H19F4IN2O2/c28-19-13-17(32)9-10-21(19)34-25-18(27(36)26(35)14-5-2-1-3-6-14)12-16(23(30)24(25)31)11-15-7-4-8-20(33)22(15)29/h1-10,12-13,26,34-35H,11,33H2. The van der Waals surface area contributed by atoms with Crippen LogP contribution in [-0.2, 0) is 6.42 Å². The van der Waals surface area contributed by atoms with Crippen molar-refractivity contribution in [1.82, 2.24) is 0 Å². The second kappa shape index (κ2) is 10.7. The fraction of sp³-hybridized carbons (Fsp3) is 0.0741. The summed E-state index contributed by atoms with van der Waals surface area (Å²) in [5.41, 5.74) is 4.01. The fourth-order valence-electron chi connectivity index (χ4n) is 3.72. The highest BCUT2D eigenvalue weighted by Gasteiger charge is 2.28. The first-order valence-corrected chi connectivity index (χ1v) is 11.8. The minimum Gasteiger partial charge on any atom is -0.396 e. The lowest BCUT2D eigenvalue weighted by Gasteiger charge is -2.19. The number of aliphatic hydroxyl groups is 1. The highest BCUT2D eigenvalue weighted by molar-refractivity contribution is 14.1. The van der Waals surface area contributed by atoms with Gasteiger partial charge in [-0.3, -0.25) is 4.79 Å². The number of nitrogen functional groups attached to an aromatic ring is 1. The molecule has 0 bridgehead atoms. The van der Waals surface area contributed by atoms with Gasteiger partial charge in [-0.05, 0) is 69.6 Å². The van der Waals surface area contributed by atoms with E-state index in [1.54, 1.807) is 18.2 Å². The number of nitrogens with two attached hydrogens (primary N) is 1. The van der Waals surface area contributed by atoms with Gasteiger partial charge in [0.2, 0.25) is 0 Å². The summed E-state index contributed by atoms with van der Waals surface area (Å²) in [5.74, 6) is -5.33. The third-order valence-electron chi connectivity index (χ3n) is 5.59. The zero-order valence-electron chi connectivity index (χ0n) is 18.5. The molecule has 0 amide bonds. The molecule has 0 spiro atoms. The van der Waals surface area contributed by atoms with Crippen LogP contribution in [0.1, 0.15) is 33.2 Å². The Labute approximate surface area is 217 Å². The van der Waals surface area contributed by atoms with Crippen LogP contribution in [0.15, 0.2) is 72.8 Å². The minimum absolute atomic E-state index is 0.0142. The van der Waals surface area contributed by atoms with E-state index in [4.69, 9.17) is 5.73 Å². The van der Waals surface area contributed by atoms with Gasteiger partial charge in [0.1, 0.15) is 17.7 Å². The van der Waals surface area contributed by atoms with Gasteiger partial charge in [-0.15, -0.1) is 0 Å². The Kier molecular flexibility index (Phi) is 7.60. The number of benzene rings is 4. The van der Waals surface area contributed by atoms with Crippen molar-refractivity contribution < 1.29 is 27.5 Å². The number of carbonyl (C=O) groups excluding carboxylic acids is 1. The maximum atomic E-state index is 15.4. The van der Waals surface area contributed by atoms with Crippen LogP contribution in [0.5, 0.6) is 0 Å². The Hall–Kier alpha value is -3.44.